The first-order valence-electron chi connectivity index (χ1n) is 32.4. The van der Waals surface area contributed by atoms with Crippen molar-refractivity contribution in [2.24, 2.45) is 51.7 Å². The van der Waals surface area contributed by atoms with E-state index in [1.165, 1.54) is 6.20 Å². The monoisotopic (exact) mass is 1360 g/mol. The van der Waals surface area contributed by atoms with Gasteiger partial charge in [0.15, 0.2) is 0 Å². The van der Waals surface area contributed by atoms with Gasteiger partial charge in [0.2, 0.25) is 0 Å². The molecule has 1 fully saturated rings. The molecule has 1 saturated heterocycles. The number of nitrogens with zero attached hydrogens (tertiary/aromatic N) is 23. The molecule has 0 radical (unpaired) electrons. The summed E-state index contributed by atoms with van der Waals surface area (Å²) in [7, 11) is 6.91. The van der Waals surface area contributed by atoms with Gasteiger partial charge in [-0.05, 0) is 136 Å². The Morgan fingerprint density at radius 2 is 0.888 bits per heavy atom. The topological polar surface area (TPSA) is 387 Å². The lowest BCUT2D eigenvalue weighted by Gasteiger charge is -2.32. The van der Waals surface area contributed by atoms with E-state index in [1.54, 1.807) is 93.2 Å². The molecule has 32 heteroatoms. The van der Waals surface area contributed by atoms with Crippen LogP contribution in [-0.4, -0.2) is 157 Å². The smallest absolute Gasteiger partial charge is 0.460 e. The predicted octanol–water partition coefficient (Wildman–Crippen LogP) is 7.57. The molecule has 0 aromatic carbocycles. The van der Waals surface area contributed by atoms with E-state index < -0.39 is 5.60 Å². The number of aromatic nitrogens is 23. The SMILES string of the molecule is CC(CCC(=O)OC(C)(C)C)CCc1cnc(-c2cn(C)nn2)cn1.CC(CN)CCc1cnc(-c2cn(C)nn2)cn1.CC1(C)OB(c2ccc(N)nc2)OC1(C)C.CSc1cnc(CCC(C)CCc2cnc(-c3cn(C)nn3)cn2)nc1.Cn1cc(-c2cnc(N)cn2)nn1. The average Bonchev–Trinajstić information content (AvgIpc) is 1.63. The number of carbonyl (C=O) groups is 1. The summed E-state index contributed by atoms with van der Waals surface area (Å²) in [6.07, 6.45) is 37.4. The number of carbonyl (C=O) groups excluding carboxylic acids is 1. The number of nitrogen functional groups attached to an aromatic ring is 2. The number of esters is 1. The van der Waals surface area contributed by atoms with Crippen LogP contribution in [0.3, 0.4) is 0 Å². The number of thioether (sulfide) groups is 1. The number of ether oxygens (including phenoxy) is 1. The molecule has 6 N–H and O–H groups in total. The Balaban J connectivity index is 0.000000176. The van der Waals surface area contributed by atoms with E-state index in [4.69, 9.17) is 31.2 Å². The summed E-state index contributed by atoms with van der Waals surface area (Å²) in [6, 6.07) is 3.63. The molecule has 11 rings (SSSR count). The van der Waals surface area contributed by atoms with Crippen molar-refractivity contribution < 1.29 is 18.8 Å². The number of hydrogen-bond acceptors (Lipinski definition) is 27. The second kappa shape index (κ2) is 36.2. The average molecular weight is 1360 g/mol. The van der Waals surface area contributed by atoms with Gasteiger partial charge in [-0.25, -0.2) is 24.9 Å². The van der Waals surface area contributed by atoms with Crippen LogP contribution in [0.1, 0.15) is 131 Å². The molecule has 0 aliphatic carbocycles. The van der Waals surface area contributed by atoms with Crippen LogP contribution in [0, 0.1) is 17.8 Å². The first-order valence-corrected chi connectivity index (χ1v) is 33.7. The molecular formula is C66H93BN26O4S. The van der Waals surface area contributed by atoms with Crippen molar-refractivity contribution in [1.82, 2.24) is 115 Å². The fourth-order valence-electron chi connectivity index (χ4n) is 9.01. The van der Waals surface area contributed by atoms with Gasteiger partial charge < -0.3 is 31.2 Å². The molecule has 0 amide bonds. The lowest BCUT2D eigenvalue weighted by molar-refractivity contribution is -0.155. The molecule has 0 bridgehead atoms. The lowest BCUT2D eigenvalue weighted by Crippen LogP contribution is -2.41. The van der Waals surface area contributed by atoms with Gasteiger partial charge in [-0.2, -0.15) is 0 Å². The van der Waals surface area contributed by atoms with E-state index in [0.29, 0.717) is 59.4 Å². The van der Waals surface area contributed by atoms with Crippen LogP contribution >= 0.6 is 11.8 Å². The van der Waals surface area contributed by atoms with Crippen molar-refractivity contribution in [3.63, 3.8) is 0 Å². The van der Waals surface area contributed by atoms with Crippen LogP contribution in [0.2, 0.25) is 0 Å². The van der Waals surface area contributed by atoms with Gasteiger partial charge in [0.05, 0.1) is 84.1 Å². The van der Waals surface area contributed by atoms with E-state index in [-0.39, 0.29) is 24.3 Å². The predicted molar refractivity (Wildman–Crippen MR) is 376 cm³/mol. The van der Waals surface area contributed by atoms with Crippen molar-refractivity contribution >= 4 is 41.9 Å². The lowest BCUT2D eigenvalue weighted by atomic mass is 9.80. The summed E-state index contributed by atoms with van der Waals surface area (Å²) in [5.41, 5.74) is 25.1. The van der Waals surface area contributed by atoms with Crippen LogP contribution in [0.25, 0.3) is 45.6 Å². The van der Waals surface area contributed by atoms with Crippen LogP contribution in [0.15, 0.2) is 110 Å². The normalized spacial score (nSPS) is 13.9. The largest absolute Gasteiger partial charge is 0.496 e. The summed E-state index contributed by atoms with van der Waals surface area (Å²) in [4.78, 5) is 60.2. The molecule has 3 atom stereocenters. The number of hydrogen-bond donors (Lipinski definition) is 3. The molecule has 0 spiro atoms. The third-order valence-electron chi connectivity index (χ3n) is 15.7. The Labute approximate surface area is 577 Å². The van der Waals surface area contributed by atoms with Crippen LogP contribution in [0.5, 0.6) is 0 Å². The molecule has 98 heavy (non-hydrogen) atoms. The van der Waals surface area contributed by atoms with Gasteiger partial charge in [-0.1, -0.05) is 47.7 Å². The summed E-state index contributed by atoms with van der Waals surface area (Å²) in [5, 5.41) is 31.4. The van der Waals surface area contributed by atoms with Crippen molar-refractivity contribution in [2.45, 2.75) is 155 Å². The molecule has 520 valence electrons. The fraction of sp³-hybridized carbons (Fsp3) is 0.485. The Morgan fingerprint density at radius 3 is 1.22 bits per heavy atom. The fourth-order valence-corrected chi connectivity index (χ4v) is 9.33. The highest BCUT2D eigenvalue weighted by Crippen LogP contribution is 2.36. The minimum Gasteiger partial charge on any atom is -0.460 e. The van der Waals surface area contributed by atoms with E-state index in [2.05, 4.69) is 117 Å². The maximum Gasteiger partial charge on any atom is 0.496 e. The number of rotatable bonds is 22. The van der Waals surface area contributed by atoms with E-state index in [9.17, 15) is 4.79 Å². The maximum atomic E-state index is 11.8. The summed E-state index contributed by atoms with van der Waals surface area (Å²) in [6.45, 7) is 21.0. The third kappa shape index (κ3) is 24.8. The Bertz CT molecular complexity index is 3960. The van der Waals surface area contributed by atoms with Crippen molar-refractivity contribution in [1.29, 1.82) is 0 Å². The van der Waals surface area contributed by atoms with Gasteiger partial charge >= 0.3 is 13.1 Å². The van der Waals surface area contributed by atoms with Crippen LogP contribution in [-0.2, 0) is 72.7 Å². The highest BCUT2D eigenvalue weighted by atomic mass is 32.2. The number of aryl methyl sites for hydroxylation is 8. The Kier molecular flexibility index (Phi) is 28.0. The Hall–Kier alpha value is -9.53. The molecule has 10 aromatic rings. The quantitative estimate of drug-likeness (QED) is 0.0334. The third-order valence-corrected chi connectivity index (χ3v) is 16.4. The summed E-state index contributed by atoms with van der Waals surface area (Å²) < 4.78 is 23.7. The molecule has 1 aliphatic heterocycles. The van der Waals surface area contributed by atoms with E-state index in [1.807, 2.05) is 119 Å². The van der Waals surface area contributed by atoms with Crippen molar-refractivity contribution in [3.8, 4) is 45.6 Å². The first kappa shape index (κ1) is 75.8. The van der Waals surface area contributed by atoms with Crippen LogP contribution in [0.4, 0.5) is 11.6 Å². The zero-order valence-corrected chi connectivity index (χ0v) is 59.8. The zero-order valence-electron chi connectivity index (χ0n) is 59.0. The van der Waals surface area contributed by atoms with Gasteiger partial charge in [-0.15, -0.1) is 32.2 Å². The summed E-state index contributed by atoms with van der Waals surface area (Å²) >= 11 is 1.66. The molecule has 30 nitrogen and oxygen atoms in total. The number of nitrogens with two attached hydrogens (primary N) is 3. The van der Waals surface area contributed by atoms with Crippen molar-refractivity contribution in [2.75, 3.05) is 24.3 Å². The molecule has 10 aromatic heterocycles. The Morgan fingerprint density at radius 1 is 0.500 bits per heavy atom. The minimum absolute atomic E-state index is 0.132. The minimum atomic E-state index is -0.416. The molecule has 11 heterocycles. The summed E-state index contributed by atoms with van der Waals surface area (Å²) in [5.74, 6) is 3.21. The number of pyridine rings is 1. The van der Waals surface area contributed by atoms with Gasteiger partial charge in [0, 0.05) is 88.6 Å². The molecular weight excluding hydrogens is 1260 g/mol. The zero-order chi connectivity index (χ0) is 71.0. The van der Waals surface area contributed by atoms with E-state index >= 15 is 0 Å². The molecule has 1 aliphatic rings. The second-order valence-electron chi connectivity index (χ2n) is 26.1. The van der Waals surface area contributed by atoms with Crippen LogP contribution < -0.4 is 22.7 Å². The van der Waals surface area contributed by atoms with Crippen molar-refractivity contribution in [3.05, 3.63) is 128 Å². The maximum absolute atomic E-state index is 11.8. The molecule has 0 saturated carbocycles. The van der Waals surface area contributed by atoms with Gasteiger partial charge in [-0.3, -0.25) is 53.4 Å². The highest BCUT2D eigenvalue weighted by molar-refractivity contribution is 7.98. The highest BCUT2D eigenvalue weighted by Gasteiger charge is 2.51. The molecule has 3 unspecified atom stereocenters. The standard InChI is InChI=1S/C18H23N7S.C18H27N5O2.C12H18N6.C11H17BN2O2.C7H8N6/c1-13(5-7-18-21-9-15(26-3)10-22-18)4-6-14-8-20-16(11-19-14)17-12-25(2)24-23-17;1-13(7-9-17(24)25-18(2,3)4)6-8-14-10-20-15(11-19-14)16-12-23(5)22-21-16;1-9(5-13)3-4-10-6-15-11(7-14-10)12-8-18(2)17-16-12;1-10(2)11(3,4)16-12(15-10)8-5-6-9(13)14-7-8;1-13-4-6(11-12-13)5-2-10-7(8)3-9-5/h8-13H,4-7H2,1-3H3;10-13H,6-9H2,1-5H3;6-9H,3-5,13H2,1-2H3;5-7H,1-4H3,(H2,13,14);2-4H,1H3,(H2,8,10). The first-order chi connectivity index (χ1) is 46.6. The van der Waals surface area contributed by atoms with Gasteiger partial charge in [0.1, 0.15) is 68.6 Å². The van der Waals surface area contributed by atoms with Gasteiger partial charge in [0.25, 0.3) is 0 Å². The second-order valence-corrected chi connectivity index (χ2v) is 27.0. The van der Waals surface area contributed by atoms with E-state index in [0.717, 1.165) is 120 Å². The number of anilines is 2.